The molecule has 2 aliphatic rings. The molecule has 0 spiro atoms. The highest BCUT2D eigenvalue weighted by Crippen LogP contribution is 2.23. The number of piperazine rings is 1. The molecule has 1 aromatic rings. The Kier molecular flexibility index (Phi) is 5.99. The Labute approximate surface area is 155 Å². The summed E-state index contributed by atoms with van der Waals surface area (Å²) in [5, 5.41) is 3.70. The van der Waals surface area contributed by atoms with Crippen molar-refractivity contribution in [2.75, 3.05) is 24.5 Å². The summed E-state index contributed by atoms with van der Waals surface area (Å²) >= 11 is 6.00. The van der Waals surface area contributed by atoms with Gasteiger partial charge in [0.05, 0.1) is 6.04 Å². The molecular formula is C18H28ClN5O. The third-order valence-electron chi connectivity index (χ3n) is 5.27. The minimum absolute atomic E-state index is 0.0808. The minimum Gasteiger partial charge on any atom is -0.337 e. The number of amides is 2. The van der Waals surface area contributed by atoms with Crippen LogP contribution in [0.1, 0.15) is 46.0 Å². The highest BCUT2D eigenvalue weighted by molar-refractivity contribution is 6.29. The van der Waals surface area contributed by atoms with Crippen LogP contribution in [-0.2, 0) is 0 Å². The molecule has 2 fully saturated rings. The smallest absolute Gasteiger partial charge is 0.317 e. The summed E-state index contributed by atoms with van der Waals surface area (Å²) in [7, 11) is 0. The molecular weight excluding hydrogens is 338 g/mol. The van der Waals surface area contributed by atoms with Crippen LogP contribution in [0.3, 0.4) is 0 Å². The first-order valence-corrected chi connectivity index (χ1v) is 9.73. The van der Waals surface area contributed by atoms with Gasteiger partial charge in [-0.15, -0.1) is 0 Å². The summed E-state index contributed by atoms with van der Waals surface area (Å²) in [6, 6.07) is 2.24. The van der Waals surface area contributed by atoms with Gasteiger partial charge >= 0.3 is 6.03 Å². The van der Waals surface area contributed by atoms with E-state index in [1.165, 1.54) is 19.3 Å². The van der Waals surface area contributed by atoms with Crippen LogP contribution in [0.25, 0.3) is 0 Å². The predicted molar refractivity (Wildman–Crippen MR) is 100.0 cm³/mol. The number of halogens is 1. The molecule has 7 heteroatoms. The van der Waals surface area contributed by atoms with E-state index < -0.39 is 0 Å². The average Bonchev–Trinajstić information content (AvgIpc) is 2.62. The largest absolute Gasteiger partial charge is 0.337 e. The van der Waals surface area contributed by atoms with Crippen LogP contribution in [0.4, 0.5) is 10.7 Å². The van der Waals surface area contributed by atoms with Gasteiger partial charge in [0, 0.05) is 31.9 Å². The highest BCUT2D eigenvalue weighted by atomic mass is 35.5. The van der Waals surface area contributed by atoms with Gasteiger partial charge in [-0.05, 0) is 24.8 Å². The molecule has 6 nitrogen and oxygen atoms in total. The van der Waals surface area contributed by atoms with Crippen LogP contribution >= 0.6 is 11.6 Å². The van der Waals surface area contributed by atoms with Crippen molar-refractivity contribution in [1.29, 1.82) is 0 Å². The van der Waals surface area contributed by atoms with Gasteiger partial charge < -0.3 is 15.1 Å². The maximum absolute atomic E-state index is 12.8. The zero-order valence-corrected chi connectivity index (χ0v) is 15.9. The number of rotatable bonds is 3. The summed E-state index contributed by atoms with van der Waals surface area (Å²) < 4.78 is 0. The maximum Gasteiger partial charge on any atom is 0.317 e. The molecule has 3 rings (SSSR count). The first kappa shape index (κ1) is 18.2. The number of hydrogen-bond donors (Lipinski definition) is 1. The molecule has 1 aliphatic heterocycles. The lowest BCUT2D eigenvalue weighted by Gasteiger charge is -2.43. The number of carbonyl (C=O) groups is 1. The number of hydrogen-bond acceptors (Lipinski definition) is 4. The van der Waals surface area contributed by atoms with Crippen molar-refractivity contribution in [3.8, 4) is 0 Å². The summed E-state index contributed by atoms with van der Waals surface area (Å²) in [4.78, 5) is 25.6. The van der Waals surface area contributed by atoms with Crippen LogP contribution in [-0.4, -0.2) is 52.6 Å². The van der Waals surface area contributed by atoms with Crippen LogP contribution in [0.5, 0.6) is 0 Å². The Morgan fingerprint density at radius 2 is 2.04 bits per heavy atom. The Bertz CT molecular complexity index is 591. The van der Waals surface area contributed by atoms with Gasteiger partial charge in [-0.1, -0.05) is 44.7 Å². The normalized spacial score (nSPS) is 22.3. The second-order valence-electron chi connectivity index (χ2n) is 7.41. The van der Waals surface area contributed by atoms with Gasteiger partial charge in [0.2, 0.25) is 5.95 Å². The zero-order valence-electron chi connectivity index (χ0n) is 15.1. The number of nitrogens with zero attached hydrogens (tertiary/aromatic N) is 4. The molecule has 0 aromatic carbocycles. The molecule has 1 aromatic heterocycles. The molecule has 1 aliphatic carbocycles. The number of carbonyl (C=O) groups excluding carboxylic acids is 1. The van der Waals surface area contributed by atoms with E-state index in [9.17, 15) is 4.79 Å². The second kappa shape index (κ2) is 8.21. The van der Waals surface area contributed by atoms with Gasteiger partial charge in [0.1, 0.15) is 5.15 Å². The fourth-order valence-electron chi connectivity index (χ4n) is 3.80. The number of urea groups is 1. The Morgan fingerprint density at radius 1 is 1.28 bits per heavy atom. The van der Waals surface area contributed by atoms with Gasteiger partial charge in [-0.3, -0.25) is 0 Å². The first-order valence-electron chi connectivity index (χ1n) is 9.35. The van der Waals surface area contributed by atoms with Crippen LogP contribution in [0.2, 0.25) is 5.15 Å². The molecule has 0 bridgehead atoms. The van der Waals surface area contributed by atoms with Crippen molar-refractivity contribution in [2.45, 2.75) is 58.0 Å². The lowest BCUT2D eigenvalue weighted by Crippen LogP contribution is -2.60. The van der Waals surface area contributed by atoms with E-state index in [-0.39, 0.29) is 12.1 Å². The summed E-state index contributed by atoms with van der Waals surface area (Å²) in [6.07, 6.45) is 7.62. The first-order chi connectivity index (χ1) is 12.0. The minimum atomic E-state index is 0.0808. The van der Waals surface area contributed by atoms with E-state index in [4.69, 9.17) is 11.6 Å². The van der Waals surface area contributed by atoms with E-state index in [0.29, 0.717) is 29.6 Å². The average molecular weight is 366 g/mol. The topological polar surface area (TPSA) is 61.4 Å². The highest BCUT2D eigenvalue weighted by Gasteiger charge is 2.34. The predicted octanol–water partition coefficient (Wildman–Crippen LogP) is 3.32. The van der Waals surface area contributed by atoms with E-state index >= 15 is 0 Å². The summed E-state index contributed by atoms with van der Waals surface area (Å²) in [5.41, 5.74) is 0. The van der Waals surface area contributed by atoms with E-state index in [0.717, 1.165) is 25.9 Å². The fraction of sp³-hybridized carbons (Fsp3) is 0.722. The quantitative estimate of drug-likeness (QED) is 0.835. The number of aromatic nitrogens is 2. The fourth-order valence-corrected chi connectivity index (χ4v) is 3.93. The monoisotopic (exact) mass is 365 g/mol. The van der Waals surface area contributed by atoms with Crippen LogP contribution in [0, 0.1) is 5.92 Å². The summed E-state index contributed by atoms with van der Waals surface area (Å²) in [5.74, 6) is 1.00. The van der Waals surface area contributed by atoms with Crippen molar-refractivity contribution in [3.05, 3.63) is 17.4 Å². The van der Waals surface area contributed by atoms with Crippen LogP contribution in [0.15, 0.2) is 12.3 Å². The van der Waals surface area contributed by atoms with Crippen molar-refractivity contribution in [2.24, 2.45) is 5.92 Å². The van der Waals surface area contributed by atoms with Crippen molar-refractivity contribution >= 4 is 23.6 Å². The molecule has 1 unspecified atom stereocenters. The molecule has 1 saturated carbocycles. The van der Waals surface area contributed by atoms with E-state index in [1.807, 2.05) is 4.90 Å². The Morgan fingerprint density at radius 3 is 2.72 bits per heavy atom. The van der Waals surface area contributed by atoms with Gasteiger partial charge in [-0.2, -0.15) is 0 Å². The lowest BCUT2D eigenvalue weighted by atomic mass is 9.95. The number of anilines is 1. The molecule has 1 N–H and O–H groups in total. The molecule has 2 amide bonds. The summed E-state index contributed by atoms with van der Waals surface area (Å²) in [6.45, 7) is 6.46. The Balaban J connectivity index is 1.66. The molecule has 1 saturated heterocycles. The SMILES string of the molecule is CC(C)C1CN(c2nccc(Cl)n2)CCN1C(=O)NC1CCCCC1. The van der Waals surface area contributed by atoms with Crippen molar-refractivity contribution in [3.63, 3.8) is 0 Å². The molecule has 138 valence electrons. The maximum atomic E-state index is 12.8. The molecule has 25 heavy (non-hydrogen) atoms. The Hall–Kier alpha value is -1.56. The third-order valence-corrected chi connectivity index (χ3v) is 5.48. The standard InChI is InChI=1S/C18H28ClN5O/c1-13(2)15-12-23(17-20-9-8-16(19)22-17)10-11-24(15)18(25)21-14-6-4-3-5-7-14/h8-9,13-15H,3-7,10-12H2,1-2H3,(H,21,25). The van der Waals surface area contributed by atoms with Gasteiger partial charge in [0.25, 0.3) is 0 Å². The molecule has 1 atom stereocenters. The lowest BCUT2D eigenvalue weighted by molar-refractivity contribution is 0.139. The number of nitrogens with one attached hydrogen (secondary N) is 1. The van der Waals surface area contributed by atoms with Gasteiger partial charge in [-0.25, -0.2) is 14.8 Å². The van der Waals surface area contributed by atoms with Crippen molar-refractivity contribution < 1.29 is 4.79 Å². The molecule has 0 radical (unpaired) electrons. The second-order valence-corrected chi connectivity index (χ2v) is 7.80. The third kappa shape index (κ3) is 4.54. The van der Waals surface area contributed by atoms with Crippen molar-refractivity contribution in [1.82, 2.24) is 20.2 Å². The van der Waals surface area contributed by atoms with Gasteiger partial charge in [0.15, 0.2) is 0 Å². The van der Waals surface area contributed by atoms with E-state index in [2.05, 4.69) is 34.0 Å². The molecule has 2 heterocycles. The van der Waals surface area contributed by atoms with E-state index in [1.54, 1.807) is 12.3 Å². The van der Waals surface area contributed by atoms with Crippen LogP contribution < -0.4 is 10.2 Å². The zero-order chi connectivity index (χ0) is 17.8.